The van der Waals surface area contributed by atoms with E-state index in [1.165, 1.54) is 0 Å². The number of aliphatic hydroxyl groups is 2. The lowest BCUT2D eigenvalue weighted by atomic mass is 9.90. The maximum Gasteiger partial charge on any atom is 0.303 e. The van der Waals surface area contributed by atoms with Crippen molar-refractivity contribution in [3.8, 4) is 0 Å². The Labute approximate surface area is 217 Å². The van der Waals surface area contributed by atoms with Gasteiger partial charge in [0.25, 0.3) is 0 Å². The molecule has 0 aliphatic carbocycles. The third-order valence-electron chi connectivity index (χ3n) is 7.26. The van der Waals surface area contributed by atoms with Gasteiger partial charge in [0.2, 0.25) is 5.91 Å². The number of amides is 1. The van der Waals surface area contributed by atoms with Crippen LogP contribution in [-0.2, 0) is 25.7 Å². The molecule has 5 atom stereocenters. The molecule has 0 unspecified atom stereocenters. The summed E-state index contributed by atoms with van der Waals surface area (Å²) in [4.78, 5) is 25.2. The molecule has 200 valence electrons. The van der Waals surface area contributed by atoms with E-state index in [4.69, 9.17) is 14.6 Å². The van der Waals surface area contributed by atoms with E-state index < -0.39 is 12.3 Å². The average Bonchev–Trinajstić information content (AvgIpc) is 3.36. The summed E-state index contributed by atoms with van der Waals surface area (Å²) < 4.78 is 13.0. The van der Waals surface area contributed by atoms with E-state index in [9.17, 15) is 19.8 Å². The van der Waals surface area contributed by atoms with Crippen molar-refractivity contribution in [2.45, 2.75) is 63.8 Å². The predicted octanol–water partition coefficient (Wildman–Crippen LogP) is 3.23. The second-order valence-electron chi connectivity index (χ2n) is 9.86. The highest BCUT2D eigenvalue weighted by Crippen LogP contribution is 2.42. The molecular weight excluding hydrogens is 476 g/mol. The highest BCUT2D eigenvalue weighted by Gasteiger charge is 2.40. The topological polar surface area (TPSA) is 129 Å². The van der Waals surface area contributed by atoms with Crippen LogP contribution in [0, 0.1) is 5.92 Å². The molecule has 0 spiro atoms. The number of carboxylic acid groups (broad SMARTS) is 1. The largest absolute Gasteiger partial charge is 0.481 e. The fourth-order valence-corrected chi connectivity index (χ4v) is 5.11. The molecule has 1 amide bonds. The number of hydrogen-bond acceptors (Lipinski definition) is 7. The lowest BCUT2D eigenvalue weighted by Gasteiger charge is -2.43. The number of likely N-dealkylation sites (tertiary alicyclic amines) is 1. The maximum atomic E-state index is 12.2. The lowest BCUT2D eigenvalue weighted by molar-refractivity contribution is -0.276. The number of aliphatic hydroxyl groups excluding tert-OH is 2. The van der Waals surface area contributed by atoms with Gasteiger partial charge < -0.3 is 30.1 Å². The van der Waals surface area contributed by atoms with Crippen LogP contribution in [0.2, 0.25) is 0 Å². The predicted molar refractivity (Wildman–Crippen MR) is 137 cm³/mol. The summed E-state index contributed by atoms with van der Waals surface area (Å²) >= 11 is 0. The summed E-state index contributed by atoms with van der Waals surface area (Å²) in [5, 5.41) is 30.8. The van der Waals surface area contributed by atoms with E-state index in [0.29, 0.717) is 12.2 Å². The van der Waals surface area contributed by atoms with E-state index in [1.54, 1.807) is 18.2 Å². The molecule has 0 bridgehead atoms. The zero-order valence-electron chi connectivity index (χ0n) is 21.1. The average molecular weight is 513 g/mol. The van der Waals surface area contributed by atoms with Crippen LogP contribution in [0.25, 0.3) is 0 Å². The minimum absolute atomic E-state index is 0.0232. The minimum Gasteiger partial charge on any atom is -0.481 e. The van der Waals surface area contributed by atoms with Crippen LogP contribution in [0.4, 0.5) is 5.69 Å². The van der Waals surface area contributed by atoms with Crippen molar-refractivity contribution in [1.82, 2.24) is 4.90 Å². The second kappa shape index (κ2) is 12.6. The summed E-state index contributed by atoms with van der Waals surface area (Å²) in [6.45, 7) is 3.78. The highest BCUT2D eigenvalue weighted by molar-refractivity contribution is 5.92. The Morgan fingerprint density at radius 2 is 1.84 bits per heavy atom. The quantitative estimate of drug-likeness (QED) is 0.382. The Kier molecular flexibility index (Phi) is 9.28. The fraction of sp³-hybridized carbons (Fsp3) is 0.500. The standard InChI is InChI=1S/C28H36N2O7/c1-18-24(15-30-13-3-6-23(30)17-32)36-28(37-27(18)20-9-7-19(16-31)8-10-20)21-4-2-5-22(14-21)29-25(33)11-12-26(34)35/h2,4-5,7-10,14,18,23-24,27-28,31-32H,3,6,11-13,15-17H2,1H3,(H,29,33)(H,34,35)/t18-,23+,24+,27+,28+/m1/s1. The van der Waals surface area contributed by atoms with Crippen LogP contribution in [-0.4, -0.2) is 63.9 Å². The monoisotopic (exact) mass is 512 g/mol. The van der Waals surface area contributed by atoms with Crippen molar-refractivity contribution >= 4 is 17.6 Å². The molecule has 0 saturated carbocycles. The molecular formula is C28H36N2O7. The van der Waals surface area contributed by atoms with Gasteiger partial charge in [-0.2, -0.15) is 0 Å². The lowest BCUT2D eigenvalue weighted by Crippen LogP contribution is -2.46. The first-order valence-electron chi connectivity index (χ1n) is 12.8. The fourth-order valence-electron chi connectivity index (χ4n) is 5.11. The molecule has 2 fully saturated rings. The van der Waals surface area contributed by atoms with Crippen molar-refractivity contribution in [1.29, 1.82) is 0 Å². The number of carboxylic acids is 1. The Morgan fingerprint density at radius 1 is 1.05 bits per heavy atom. The molecule has 2 saturated heterocycles. The Morgan fingerprint density at radius 3 is 2.54 bits per heavy atom. The van der Waals surface area contributed by atoms with Gasteiger partial charge in [-0.3, -0.25) is 14.5 Å². The van der Waals surface area contributed by atoms with E-state index in [0.717, 1.165) is 36.1 Å². The Hall–Kier alpha value is -2.82. The van der Waals surface area contributed by atoms with Crippen LogP contribution in [0.3, 0.4) is 0 Å². The summed E-state index contributed by atoms with van der Waals surface area (Å²) in [5.74, 6) is -1.37. The number of carbonyl (C=O) groups is 2. The summed E-state index contributed by atoms with van der Waals surface area (Å²) in [7, 11) is 0. The number of anilines is 1. The van der Waals surface area contributed by atoms with Gasteiger partial charge in [-0.15, -0.1) is 0 Å². The number of nitrogens with one attached hydrogen (secondary N) is 1. The molecule has 9 heteroatoms. The van der Waals surface area contributed by atoms with E-state index in [1.807, 2.05) is 30.3 Å². The molecule has 4 N–H and O–H groups in total. The van der Waals surface area contributed by atoms with Gasteiger partial charge in [0, 0.05) is 36.2 Å². The normalized spacial score (nSPS) is 26.2. The molecule has 2 aliphatic heterocycles. The van der Waals surface area contributed by atoms with E-state index >= 15 is 0 Å². The van der Waals surface area contributed by atoms with Crippen molar-refractivity contribution < 1.29 is 34.4 Å². The second-order valence-corrected chi connectivity index (χ2v) is 9.86. The van der Waals surface area contributed by atoms with Gasteiger partial charge in [-0.05, 0) is 42.6 Å². The van der Waals surface area contributed by atoms with Crippen molar-refractivity contribution in [3.63, 3.8) is 0 Å². The molecule has 0 radical (unpaired) electrons. The van der Waals surface area contributed by atoms with Gasteiger partial charge in [0.05, 0.1) is 31.8 Å². The summed E-state index contributed by atoms with van der Waals surface area (Å²) in [6, 6.07) is 15.1. The maximum absolute atomic E-state index is 12.2. The number of ether oxygens (including phenoxy) is 2. The van der Waals surface area contributed by atoms with Gasteiger partial charge >= 0.3 is 5.97 Å². The molecule has 2 heterocycles. The molecule has 9 nitrogen and oxygen atoms in total. The zero-order chi connectivity index (χ0) is 26.4. The first kappa shape index (κ1) is 27.2. The van der Waals surface area contributed by atoms with Gasteiger partial charge in [-0.1, -0.05) is 43.3 Å². The smallest absolute Gasteiger partial charge is 0.303 e. The van der Waals surface area contributed by atoms with Crippen molar-refractivity contribution in [2.24, 2.45) is 5.92 Å². The van der Waals surface area contributed by atoms with E-state index in [-0.39, 0.29) is 56.1 Å². The first-order valence-corrected chi connectivity index (χ1v) is 12.8. The molecule has 2 aromatic rings. The van der Waals surface area contributed by atoms with Crippen LogP contribution in [0.15, 0.2) is 48.5 Å². The number of hydrogen-bond donors (Lipinski definition) is 4. The number of rotatable bonds is 10. The van der Waals surface area contributed by atoms with Crippen LogP contribution >= 0.6 is 0 Å². The zero-order valence-corrected chi connectivity index (χ0v) is 21.1. The van der Waals surface area contributed by atoms with E-state index in [2.05, 4.69) is 17.1 Å². The third-order valence-corrected chi connectivity index (χ3v) is 7.26. The molecule has 0 aromatic heterocycles. The Balaban J connectivity index is 1.56. The SMILES string of the molecule is C[C@@H]1[C@H](CN2CCC[C@H]2CO)O[C@H](c2cccc(NC(=O)CCC(=O)O)c2)O[C@@H]1c1ccc(CO)cc1. The number of benzene rings is 2. The highest BCUT2D eigenvalue weighted by atomic mass is 16.7. The molecule has 4 rings (SSSR count). The van der Waals surface area contributed by atoms with Crippen LogP contribution < -0.4 is 5.32 Å². The number of nitrogens with zero attached hydrogens (tertiary/aromatic N) is 1. The van der Waals surface area contributed by atoms with Crippen molar-refractivity contribution in [3.05, 3.63) is 65.2 Å². The van der Waals surface area contributed by atoms with Gasteiger partial charge in [0.1, 0.15) is 0 Å². The number of aliphatic carboxylic acids is 1. The number of carbonyl (C=O) groups excluding carboxylic acids is 1. The molecule has 37 heavy (non-hydrogen) atoms. The van der Waals surface area contributed by atoms with Gasteiger partial charge in [-0.25, -0.2) is 0 Å². The summed E-state index contributed by atoms with van der Waals surface area (Å²) in [5.41, 5.74) is 3.09. The third kappa shape index (κ3) is 6.94. The van der Waals surface area contributed by atoms with Crippen LogP contribution in [0.1, 0.15) is 61.7 Å². The molecule has 2 aromatic carbocycles. The molecule has 2 aliphatic rings. The van der Waals surface area contributed by atoms with Gasteiger partial charge in [0.15, 0.2) is 6.29 Å². The Bertz CT molecular complexity index is 1060. The minimum atomic E-state index is -1.02. The van der Waals surface area contributed by atoms with Crippen LogP contribution in [0.5, 0.6) is 0 Å². The summed E-state index contributed by atoms with van der Waals surface area (Å²) in [6.07, 6.45) is 0.554. The first-order chi connectivity index (χ1) is 17.9. The van der Waals surface area contributed by atoms with Crippen molar-refractivity contribution in [2.75, 3.05) is 25.0 Å².